The van der Waals surface area contributed by atoms with Crippen LogP contribution < -0.4 is 5.32 Å². The Morgan fingerprint density at radius 3 is 2.74 bits per heavy atom. The molecule has 2 aromatic rings. The molecule has 102 valence electrons. The van der Waals surface area contributed by atoms with Gasteiger partial charge in [-0.25, -0.2) is 0 Å². The monoisotopic (exact) mass is 259 g/mol. The lowest BCUT2D eigenvalue weighted by molar-refractivity contribution is 0.512. The molecule has 0 saturated carbocycles. The van der Waals surface area contributed by atoms with Crippen molar-refractivity contribution in [2.24, 2.45) is 0 Å². The van der Waals surface area contributed by atoms with Crippen LogP contribution in [0.5, 0.6) is 0 Å². The minimum atomic E-state index is 0.165. The molecule has 0 saturated heterocycles. The summed E-state index contributed by atoms with van der Waals surface area (Å²) >= 11 is 0. The van der Waals surface area contributed by atoms with Gasteiger partial charge in [-0.05, 0) is 31.0 Å². The van der Waals surface area contributed by atoms with Gasteiger partial charge in [-0.3, -0.25) is 4.98 Å². The van der Waals surface area contributed by atoms with Crippen LogP contribution in [0.3, 0.4) is 0 Å². The zero-order chi connectivity index (χ0) is 13.5. The molecule has 0 aliphatic heterocycles. The lowest BCUT2D eigenvalue weighted by atomic mass is 10.1. The van der Waals surface area contributed by atoms with Crippen molar-refractivity contribution in [3.8, 4) is 0 Å². The third-order valence-corrected chi connectivity index (χ3v) is 3.14. The van der Waals surface area contributed by atoms with Gasteiger partial charge in [0, 0.05) is 18.3 Å². The summed E-state index contributed by atoms with van der Waals surface area (Å²) in [5, 5.41) is 14.2. The number of hydrogen-bond donors (Lipinski definition) is 2. The minimum Gasteiger partial charge on any atom is -0.308 e. The number of H-pyrrole nitrogens is 1. The van der Waals surface area contributed by atoms with Crippen LogP contribution in [0.15, 0.2) is 24.5 Å². The molecule has 0 amide bonds. The summed E-state index contributed by atoms with van der Waals surface area (Å²) in [7, 11) is 0. The Bertz CT molecular complexity index is 463. The first-order chi connectivity index (χ1) is 9.33. The van der Waals surface area contributed by atoms with Crippen molar-refractivity contribution >= 4 is 0 Å². The highest BCUT2D eigenvalue weighted by Crippen LogP contribution is 2.14. The lowest BCUT2D eigenvalue weighted by Gasteiger charge is -2.15. The van der Waals surface area contributed by atoms with Gasteiger partial charge < -0.3 is 5.32 Å². The molecule has 0 fully saturated rings. The van der Waals surface area contributed by atoms with Crippen LogP contribution in [0, 0.1) is 0 Å². The van der Waals surface area contributed by atoms with Crippen molar-refractivity contribution in [1.82, 2.24) is 25.7 Å². The molecule has 2 N–H and O–H groups in total. The van der Waals surface area contributed by atoms with Gasteiger partial charge in [0.1, 0.15) is 0 Å². The highest BCUT2D eigenvalue weighted by Gasteiger charge is 2.14. The first kappa shape index (κ1) is 13.7. The van der Waals surface area contributed by atoms with Gasteiger partial charge in [-0.1, -0.05) is 19.9 Å². The highest BCUT2D eigenvalue weighted by atomic mass is 15.3. The topological polar surface area (TPSA) is 66.5 Å². The van der Waals surface area contributed by atoms with Gasteiger partial charge in [-0.15, -0.1) is 0 Å². The molecule has 0 aliphatic carbocycles. The van der Waals surface area contributed by atoms with Gasteiger partial charge in [0.2, 0.25) is 0 Å². The second-order valence-corrected chi connectivity index (χ2v) is 4.62. The van der Waals surface area contributed by atoms with Crippen LogP contribution in [0.25, 0.3) is 0 Å². The van der Waals surface area contributed by atoms with E-state index in [9.17, 15) is 0 Å². The Balaban J connectivity index is 2.06. The third kappa shape index (κ3) is 3.86. The number of rotatable bonds is 7. The van der Waals surface area contributed by atoms with Crippen molar-refractivity contribution < 1.29 is 0 Å². The summed E-state index contributed by atoms with van der Waals surface area (Å²) in [4.78, 5) is 4.51. The lowest BCUT2D eigenvalue weighted by Crippen LogP contribution is -2.24. The molecule has 0 bridgehead atoms. The highest BCUT2D eigenvalue weighted by molar-refractivity contribution is 5.16. The smallest absolute Gasteiger partial charge is 0.0997 e. The minimum absolute atomic E-state index is 0.165. The second kappa shape index (κ2) is 6.99. The molecule has 0 spiro atoms. The largest absolute Gasteiger partial charge is 0.308 e. The van der Waals surface area contributed by atoms with E-state index in [-0.39, 0.29) is 6.04 Å². The average Bonchev–Trinajstić information content (AvgIpc) is 2.98. The number of aryl methyl sites for hydroxylation is 1. The Hall–Kier alpha value is -1.75. The molecular weight excluding hydrogens is 238 g/mol. The second-order valence-electron chi connectivity index (χ2n) is 4.62. The van der Waals surface area contributed by atoms with Gasteiger partial charge in [0.15, 0.2) is 0 Å². The van der Waals surface area contributed by atoms with E-state index in [4.69, 9.17) is 0 Å². The molecule has 5 nitrogen and oxygen atoms in total. The van der Waals surface area contributed by atoms with E-state index in [2.05, 4.69) is 51.7 Å². The predicted molar refractivity (Wildman–Crippen MR) is 74.7 cm³/mol. The Kier molecular flexibility index (Phi) is 5.03. The van der Waals surface area contributed by atoms with Crippen LogP contribution in [0.2, 0.25) is 0 Å². The van der Waals surface area contributed by atoms with Crippen molar-refractivity contribution in [2.75, 3.05) is 6.54 Å². The summed E-state index contributed by atoms with van der Waals surface area (Å²) in [5.41, 5.74) is 3.28. The molecule has 0 radical (unpaired) electrons. The molecule has 5 heteroatoms. The molecule has 0 aromatic carbocycles. The molecular formula is C14H21N5. The van der Waals surface area contributed by atoms with E-state index in [1.54, 1.807) is 6.20 Å². The SMILES string of the molecule is CCCNC(Cc1ccc(CC)cn1)c1cn[nH]n1. The fourth-order valence-electron chi connectivity index (χ4n) is 1.97. The molecule has 2 aromatic heterocycles. The maximum Gasteiger partial charge on any atom is 0.0997 e. The number of hydrogen-bond acceptors (Lipinski definition) is 4. The molecule has 2 heterocycles. The molecule has 1 unspecified atom stereocenters. The first-order valence-electron chi connectivity index (χ1n) is 6.86. The maximum atomic E-state index is 4.51. The summed E-state index contributed by atoms with van der Waals surface area (Å²) < 4.78 is 0. The molecule has 2 rings (SSSR count). The van der Waals surface area contributed by atoms with Crippen molar-refractivity contribution in [3.05, 3.63) is 41.5 Å². The van der Waals surface area contributed by atoms with Crippen LogP contribution in [0.1, 0.15) is 43.3 Å². The number of aromatic nitrogens is 4. The standard InChI is InChI=1S/C14H21N5/c1-3-7-15-13(14-10-17-19-18-14)8-12-6-5-11(4-2)9-16-12/h5-6,9-10,13,15H,3-4,7-8H2,1-2H3,(H,17,18,19). The fourth-order valence-corrected chi connectivity index (χ4v) is 1.97. The molecule has 19 heavy (non-hydrogen) atoms. The summed E-state index contributed by atoms with van der Waals surface area (Å²) in [5.74, 6) is 0. The van der Waals surface area contributed by atoms with Crippen molar-refractivity contribution in [1.29, 1.82) is 0 Å². The number of nitrogens with zero attached hydrogens (tertiary/aromatic N) is 3. The van der Waals surface area contributed by atoms with E-state index in [1.807, 2.05) is 6.20 Å². The van der Waals surface area contributed by atoms with Gasteiger partial charge in [-0.2, -0.15) is 15.4 Å². The van der Waals surface area contributed by atoms with Crippen LogP contribution in [0.4, 0.5) is 0 Å². The Labute approximate surface area is 113 Å². The van der Waals surface area contributed by atoms with Crippen LogP contribution >= 0.6 is 0 Å². The Morgan fingerprint density at radius 2 is 2.16 bits per heavy atom. The summed E-state index contributed by atoms with van der Waals surface area (Å²) in [6, 6.07) is 4.40. The number of pyridine rings is 1. The number of aromatic amines is 1. The van der Waals surface area contributed by atoms with E-state index in [0.717, 1.165) is 37.2 Å². The quantitative estimate of drug-likeness (QED) is 0.798. The summed E-state index contributed by atoms with van der Waals surface area (Å²) in [6.45, 7) is 5.25. The van der Waals surface area contributed by atoms with E-state index in [0.29, 0.717) is 0 Å². The Morgan fingerprint density at radius 1 is 1.26 bits per heavy atom. The van der Waals surface area contributed by atoms with Crippen molar-refractivity contribution in [2.45, 2.75) is 39.2 Å². The normalized spacial score (nSPS) is 12.5. The zero-order valence-electron chi connectivity index (χ0n) is 11.6. The van der Waals surface area contributed by atoms with Crippen LogP contribution in [-0.4, -0.2) is 26.9 Å². The van der Waals surface area contributed by atoms with E-state index < -0.39 is 0 Å². The maximum absolute atomic E-state index is 4.51. The van der Waals surface area contributed by atoms with E-state index >= 15 is 0 Å². The average molecular weight is 259 g/mol. The van der Waals surface area contributed by atoms with Gasteiger partial charge in [0.05, 0.1) is 17.9 Å². The van der Waals surface area contributed by atoms with E-state index in [1.165, 1.54) is 5.56 Å². The summed E-state index contributed by atoms with van der Waals surface area (Å²) in [6.07, 6.45) is 6.67. The van der Waals surface area contributed by atoms with Crippen LogP contribution in [-0.2, 0) is 12.8 Å². The van der Waals surface area contributed by atoms with Gasteiger partial charge in [0.25, 0.3) is 0 Å². The van der Waals surface area contributed by atoms with Gasteiger partial charge >= 0.3 is 0 Å². The molecule has 0 aliphatic rings. The zero-order valence-corrected chi connectivity index (χ0v) is 11.6. The molecule has 1 atom stereocenters. The first-order valence-corrected chi connectivity index (χ1v) is 6.86. The van der Waals surface area contributed by atoms with Crippen molar-refractivity contribution in [3.63, 3.8) is 0 Å². The third-order valence-electron chi connectivity index (χ3n) is 3.14. The number of nitrogens with one attached hydrogen (secondary N) is 2. The fraction of sp³-hybridized carbons (Fsp3) is 0.500. The predicted octanol–water partition coefficient (Wildman–Crippen LogP) is 2.05.